The lowest BCUT2D eigenvalue weighted by Crippen LogP contribution is -2.11. The Labute approximate surface area is 305 Å². The Hall–Kier alpha value is -7.10. The molecule has 3 heteroatoms. The highest BCUT2D eigenvalue weighted by molar-refractivity contribution is 6.19. The molecule has 0 unspecified atom stereocenters. The van der Waals surface area contributed by atoms with Crippen molar-refractivity contribution >= 4 is 82.5 Å². The van der Waals surface area contributed by atoms with Gasteiger partial charge in [0.2, 0.25) is 0 Å². The van der Waals surface area contributed by atoms with Gasteiger partial charge in [0.05, 0.1) is 16.8 Å². The van der Waals surface area contributed by atoms with E-state index in [1.807, 2.05) is 18.2 Å². The summed E-state index contributed by atoms with van der Waals surface area (Å²) >= 11 is 0. The average Bonchev–Trinajstić information content (AvgIpc) is 3.80. The Kier molecular flexibility index (Phi) is 6.55. The molecule has 11 rings (SSSR count). The normalized spacial score (nSPS) is 11.8. The van der Waals surface area contributed by atoms with Crippen molar-refractivity contribution in [1.82, 2.24) is 0 Å². The van der Waals surface area contributed by atoms with Crippen LogP contribution in [0.1, 0.15) is 0 Å². The van der Waals surface area contributed by atoms with Crippen molar-refractivity contribution in [1.29, 1.82) is 0 Å². The number of hydrogen-bond donors (Lipinski definition) is 0. The fourth-order valence-electron chi connectivity index (χ4n) is 8.18. The van der Waals surface area contributed by atoms with E-state index in [0.29, 0.717) is 0 Å². The highest BCUT2D eigenvalue weighted by atomic mass is 16.3. The Balaban J connectivity index is 1.15. The van der Waals surface area contributed by atoms with E-state index in [1.165, 1.54) is 21.5 Å². The minimum atomic E-state index is 0.869. The van der Waals surface area contributed by atoms with Crippen LogP contribution in [0.3, 0.4) is 0 Å². The number of anilines is 3. The molecule has 0 aliphatic heterocycles. The number of rotatable bonds is 5. The molecule has 0 amide bonds. The second-order valence-electron chi connectivity index (χ2n) is 13.7. The standard InChI is InChI=1S/C50H31NO2/c1-2-11-33(12-3-1)38-28-29-45(49-42-16-7-9-20-47(42)53-50(38)49)51(44-18-10-17-39-37-14-5-4-13-34(37)23-27-40(39)44)36-25-21-32(22-26-36)35-24-30-48-43(31-35)41-15-6-8-19-46(41)52-48/h1-31H. The Morgan fingerprint density at radius 1 is 0.340 bits per heavy atom. The third kappa shape index (κ3) is 4.68. The van der Waals surface area contributed by atoms with Crippen LogP contribution in [0.15, 0.2) is 197 Å². The molecule has 0 N–H and O–H groups in total. The fraction of sp³-hybridized carbons (Fsp3) is 0. The molecule has 0 saturated heterocycles. The molecular weight excluding hydrogens is 647 g/mol. The topological polar surface area (TPSA) is 29.5 Å². The summed E-state index contributed by atoms with van der Waals surface area (Å²) in [7, 11) is 0. The molecule has 2 heterocycles. The van der Waals surface area contributed by atoms with Crippen LogP contribution in [0.25, 0.3) is 87.7 Å². The molecular formula is C50H31NO2. The van der Waals surface area contributed by atoms with E-state index in [0.717, 1.165) is 83.2 Å². The van der Waals surface area contributed by atoms with Crippen molar-refractivity contribution in [3.63, 3.8) is 0 Å². The van der Waals surface area contributed by atoms with Crippen molar-refractivity contribution in [2.45, 2.75) is 0 Å². The molecule has 0 radical (unpaired) electrons. The third-order valence-electron chi connectivity index (χ3n) is 10.7. The largest absolute Gasteiger partial charge is 0.456 e. The van der Waals surface area contributed by atoms with Gasteiger partial charge in [-0.1, -0.05) is 133 Å². The Morgan fingerprint density at radius 2 is 1.02 bits per heavy atom. The number of para-hydroxylation sites is 2. The highest BCUT2D eigenvalue weighted by Crippen LogP contribution is 2.48. The van der Waals surface area contributed by atoms with Crippen LogP contribution in [0, 0.1) is 0 Å². The second kappa shape index (κ2) is 11.7. The van der Waals surface area contributed by atoms with Crippen LogP contribution >= 0.6 is 0 Å². The number of fused-ring (bicyclic) bond motifs is 9. The van der Waals surface area contributed by atoms with Crippen molar-refractivity contribution in [3.8, 4) is 22.3 Å². The lowest BCUT2D eigenvalue weighted by Gasteiger charge is -2.28. The van der Waals surface area contributed by atoms with Gasteiger partial charge in [-0.2, -0.15) is 0 Å². The lowest BCUT2D eigenvalue weighted by atomic mass is 9.97. The van der Waals surface area contributed by atoms with Gasteiger partial charge < -0.3 is 13.7 Å². The highest BCUT2D eigenvalue weighted by Gasteiger charge is 2.23. The molecule has 0 atom stereocenters. The maximum atomic E-state index is 6.75. The SMILES string of the molecule is c1ccc(-c2ccc(N(c3ccc(-c4ccc5oc6ccccc6c5c4)cc3)c3cccc4c3ccc3ccccc34)c3c2oc2ccccc23)cc1. The van der Waals surface area contributed by atoms with Gasteiger partial charge in [-0.05, 0) is 87.4 Å². The monoisotopic (exact) mass is 677 g/mol. The molecule has 9 aromatic carbocycles. The van der Waals surface area contributed by atoms with E-state index >= 15 is 0 Å². The first-order chi connectivity index (χ1) is 26.3. The first-order valence-corrected chi connectivity index (χ1v) is 18.0. The molecule has 11 aromatic rings. The average molecular weight is 678 g/mol. The minimum Gasteiger partial charge on any atom is -0.456 e. The van der Waals surface area contributed by atoms with Gasteiger partial charge in [0.15, 0.2) is 0 Å². The third-order valence-corrected chi connectivity index (χ3v) is 10.7. The molecule has 0 fully saturated rings. The molecule has 53 heavy (non-hydrogen) atoms. The van der Waals surface area contributed by atoms with Gasteiger partial charge in [-0.25, -0.2) is 0 Å². The van der Waals surface area contributed by atoms with Crippen molar-refractivity contribution in [2.75, 3.05) is 4.90 Å². The maximum absolute atomic E-state index is 6.75. The summed E-state index contributed by atoms with van der Waals surface area (Å²) in [5, 5.41) is 9.29. The molecule has 0 bridgehead atoms. The van der Waals surface area contributed by atoms with Gasteiger partial charge in [0.1, 0.15) is 22.3 Å². The van der Waals surface area contributed by atoms with Crippen molar-refractivity contribution in [3.05, 3.63) is 188 Å². The quantitative estimate of drug-likeness (QED) is 0.170. The first-order valence-electron chi connectivity index (χ1n) is 18.0. The number of furan rings is 2. The molecule has 3 nitrogen and oxygen atoms in total. The zero-order valence-electron chi connectivity index (χ0n) is 28.7. The summed E-state index contributed by atoms with van der Waals surface area (Å²) < 4.78 is 12.9. The van der Waals surface area contributed by atoms with Crippen LogP contribution in [-0.4, -0.2) is 0 Å². The Bertz CT molecular complexity index is 3170. The molecule has 0 aliphatic carbocycles. The van der Waals surface area contributed by atoms with Gasteiger partial charge in [0, 0.05) is 32.8 Å². The Morgan fingerprint density at radius 3 is 1.87 bits per heavy atom. The number of benzene rings is 9. The van der Waals surface area contributed by atoms with E-state index in [4.69, 9.17) is 8.83 Å². The summed E-state index contributed by atoms with van der Waals surface area (Å²) in [5.74, 6) is 0. The maximum Gasteiger partial charge on any atom is 0.145 e. The summed E-state index contributed by atoms with van der Waals surface area (Å²) in [5.41, 5.74) is 11.3. The zero-order chi connectivity index (χ0) is 34.9. The van der Waals surface area contributed by atoms with E-state index < -0.39 is 0 Å². The van der Waals surface area contributed by atoms with Crippen molar-refractivity contribution < 1.29 is 8.83 Å². The van der Waals surface area contributed by atoms with E-state index in [2.05, 4.69) is 175 Å². The van der Waals surface area contributed by atoms with Gasteiger partial charge in [-0.15, -0.1) is 0 Å². The summed E-state index contributed by atoms with van der Waals surface area (Å²) in [6.45, 7) is 0. The lowest BCUT2D eigenvalue weighted by molar-refractivity contribution is 0.669. The molecule has 0 saturated carbocycles. The summed E-state index contributed by atoms with van der Waals surface area (Å²) in [6, 6.07) is 66.8. The van der Waals surface area contributed by atoms with E-state index in [9.17, 15) is 0 Å². The predicted octanol–water partition coefficient (Wildman–Crippen LogP) is 14.6. The molecule has 0 aliphatic rings. The van der Waals surface area contributed by atoms with Gasteiger partial charge in [0.25, 0.3) is 0 Å². The summed E-state index contributed by atoms with van der Waals surface area (Å²) in [6.07, 6.45) is 0. The van der Waals surface area contributed by atoms with Crippen LogP contribution in [0.5, 0.6) is 0 Å². The van der Waals surface area contributed by atoms with Gasteiger partial charge >= 0.3 is 0 Å². The van der Waals surface area contributed by atoms with Crippen LogP contribution in [-0.2, 0) is 0 Å². The predicted molar refractivity (Wildman–Crippen MR) is 222 cm³/mol. The van der Waals surface area contributed by atoms with Crippen LogP contribution in [0.4, 0.5) is 17.1 Å². The molecule has 248 valence electrons. The second-order valence-corrected chi connectivity index (χ2v) is 13.7. The smallest absolute Gasteiger partial charge is 0.145 e. The van der Waals surface area contributed by atoms with E-state index in [-0.39, 0.29) is 0 Å². The molecule has 0 spiro atoms. The fourth-order valence-corrected chi connectivity index (χ4v) is 8.18. The van der Waals surface area contributed by atoms with Crippen LogP contribution in [0.2, 0.25) is 0 Å². The number of hydrogen-bond acceptors (Lipinski definition) is 3. The van der Waals surface area contributed by atoms with Crippen molar-refractivity contribution in [2.24, 2.45) is 0 Å². The minimum absolute atomic E-state index is 0.869. The molecule has 2 aromatic heterocycles. The number of nitrogens with zero attached hydrogens (tertiary/aromatic N) is 1. The first kappa shape index (κ1) is 29.6. The van der Waals surface area contributed by atoms with Gasteiger partial charge in [-0.3, -0.25) is 0 Å². The zero-order valence-corrected chi connectivity index (χ0v) is 28.7. The summed E-state index contributed by atoms with van der Waals surface area (Å²) in [4.78, 5) is 2.41. The van der Waals surface area contributed by atoms with E-state index in [1.54, 1.807) is 0 Å². The van der Waals surface area contributed by atoms with Crippen LogP contribution < -0.4 is 4.90 Å².